The molecular weight excluding hydrogens is 416 g/mol. The highest BCUT2D eigenvalue weighted by Crippen LogP contribution is 2.31. The molecule has 0 radical (unpaired) electrons. The third kappa shape index (κ3) is 3.33. The number of para-hydroxylation sites is 1. The number of hydrogen-bond donors (Lipinski definition) is 2. The number of anilines is 1. The Morgan fingerprint density at radius 1 is 0.939 bits per heavy atom. The first-order chi connectivity index (χ1) is 15.9. The zero-order valence-corrected chi connectivity index (χ0v) is 18.5. The van der Waals surface area contributed by atoms with Crippen LogP contribution in [0.15, 0.2) is 72.8 Å². The van der Waals surface area contributed by atoms with Crippen molar-refractivity contribution in [2.24, 2.45) is 0 Å². The van der Waals surface area contributed by atoms with Crippen LogP contribution in [0, 0.1) is 0 Å². The molecule has 1 fully saturated rings. The van der Waals surface area contributed by atoms with E-state index in [1.165, 1.54) is 0 Å². The summed E-state index contributed by atoms with van der Waals surface area (Å²) in [6.45, 7) is 4.23. The van der Waals surface area contributed by atoms with Gasteiger partial charge in [-0.2, -0.15) is 0 Å². The van der Waals surface area contributed by atoms with Crippen LogP contribution in [0.4, 0.5) is 10.5 Å². The molecule has 0 spiro atoms. The molecule has 7 heteroatoms. The molecule has 1 atom stereocenters. The molecule has 4 aromatic rings. The minimum Gasteiger partial charge on any atom is -0.341 e. The Balaban J connectivity index is 1.38. The zero-order valence-electron chi connectivity index (χ0n) is 18.5. The minimum absolute atomic E-state index is 0.359. The first-order valence-electron chi connectivity index (χ1n) is 10.9. The van der Waals surface area contributed by atoms with E-state index < -0.39 is 23.4 Å². The molecule has 2 heterocycles. The Morgan fingerprint density at radius 3 is 2.39 bits per heavy atom. The van der Waals surface area contributed by atoms with Crippen molar-refractivity contribution < 1.29 is 14.4 Å². The van der Waals surface area contributed by atoms with Crippen molar-refractivity contribution in [2.75, 3.05) is 11.9 Å². The number of nitrogens with one attached hydrogen (secondary N) is 2. The summed E-state index contributed by atoms with van der Waals surface area (Å²) in [5.74, 6) is -0.885. The third-order valence-electron chi connectivity index (χ3n) is 6.30. The lowest BCUT2D eigenvalue weighted by molar-refractivity contribution is -0.133. The van der Waals surface area contributed by atoms with E-state index in [1.54, 1.807) is 31.2 Å². The van der Waals surface area contributed by atoms with Gasteiger partial charge >= 0.3 is 6.03 Å². The van der Waals surface area contributed by atoms with Gasteiger partial charge in [0.15, 0.2) is 0 Å². The number of urea groups is 1. The summed E-state index contributed by atoms with van der Waals surface area (Å²) < 4.78 is 2.23. The molecular formula is C26H24N4O3. The van der Waals surface area contributed by atoms with Crippen molar-refractivity contribution in [2.45, 2.75) is 25.9 Å². The van der Waals surface area contributed by atoms with Gasteiger partial charge < -0.3 is 15.2 Å². The van der Waals surface area contributed by atoms with Crippen molar-refractivity contribution in [3.05, 3.63) is 78.4 Å². The number of fused-ring (bicyclic) bond motifs is 3. The third-order valence-corrected chi connectivity index (χ3v) is 6.30. The number of carbonyl (C=O) groups is 3. The van der Waals surface area contributed by atoms with E-state index in [2.05, 4.69) is 34.3 Å². The fourth-order valence-electron chi connectivity index (χ4n) is 4.62. The molecule has 1 saturated heterocycles. The van der Waals surface area contributed by atoms with E-state index in [4.69, 9.17) is 0 Å². The lowest BCUT2D eigenvalue weighted by atomic mass is 9.92. The summed E-state index contributed by atoms with van der Waals surface area (Å²) in [6, 6.07) is 22.3. The number of amides is 4. The molecule has 3 aromatic carbocycles. The second kappa shape index (κ2) is 7.78. The maximum absolute atomic E-state index is 13.0. The van der Waals surface area contributed by atoms with Gasteiger partial charge in [0.2, 0.25) is 5.91 Å². The quantitative estimate of drug-likeness (QED) is 0.456. The van der Waals surface area contributed by atoms with E-state index in [9.17, 15) is 14.4 Å². The molecule has 5 rings (SSSR count). The summed E-state index contributed by atoms with van der Waals surface area (Å²) in [6.07, 6.45) is 0. The van der Waals surface area contributed by atoms with Gasteiger partial charge in [0.05, 0.1) is 0 Å². The maximum atomic E-state index is 13.0. The van der Waals surface area contributed by atoms with Crippen LogP contribution in [0.3, 0.4) is 0 Å². The molecule has 166 valence electrons. The SMILES string of the molecule is CCn1c2ccccc2c2cc(NC(=O)CN3C(=O)NC(C)(c4ccccc4)C3=O)ccc21. The molecule has 1 aliphatic rings. The van der Waals surface area contributed by atoms with Gasteiger partial charge in [-0.15, -0.1) is 0 Å². The zero-order chi connectivity index (χ0) is 23.2. The monoisotopic (exact) mass is 440 g/mol. The summed E-state index contributed by atoms with van der Waals surface area (Å²) in [7, 11) is 0. The predicted octanol–water partition coefficient (Wildman–Crippen LogP) is 4.22. The number of aryl methyl sites for hydroxylation is 1. The van der Waals surface area contributed by atoms with Crippen LogP contribution in [0.1, 0.15) is 19.4 Å². The highest BCUT2D eigenvalue weighted by atomic mass is 16.2. The lowest BCUT2D eigenvalue weighted by Crippen LogP contribution is -2.42. The summed E-state index contributed by atoms with van der Waals surface area (Å²) in [5, 5.41) is 7.71. The van der Waals surface area contributed by atoms with Gasteiger partial charge in [-0.25, -0.2) is 4.79 Å². The number of benzene rings is 3. The molecule has 2 N–H and O–H groups in total. The van der Waals surface area contributed by atoms with E-state index in [1.807, 2.05) is 36.4 Å². The molecule has 4 amide bonds. The maximum Gasteiger partial charge on any atom is 0.325 e. The number of rotatable bonds is 5. The molecule has 1 aromatic heterocycles. The summed E-state index contributed by atoms with van der Waals surface area (Å²) in [5.41, 5.74) is 2.32. The van der Waals surface area contributed by atoms with Crippen molar-refractivity contribution >= 4 is 45.3 Å². The Morgan fingerprint density at radius 2 is 1.64 bits per heavy atom. The second-order valence-corrected chi connectivity index (χ2v) is 8.35. The van der Waals surface area contributed by atoms with E-state index >= 15 is 0 Å². The van der Waals surface area contributed by atoms with Crippen LogP contribution in [0.25, 0.3) is 21.8 Å². The minimum atomic E-state index is -1.19. The molecule has 33 heavy (non-hydrogen) atoms. The van der Waals surface area contributed by atoms with Gasteiger partial charge in [0.1, 0.15) is 12.1 Å². The van der Waals surface area contributed by atoms with Crippen molar-refractivity contribution in [3.63, 3.8) is 0 Å². The Kier molecular flexibility index (Phi) is 4.89. The Labute approximate surface area is 191 Å². The van der Waals surface area contributed by atoms with Crippen LogP contribution in [0.2, 0.25) is 0 Å². The first-order valence-corrected chi connectivity index (χ1v) is 10.9. The fraction of sp³-hybridized carbons (Fsp3) is 0.192. The average Bonchev–Trinajstić information content (AvgIpc) is 3.26. The highest BCUT2D eigenvalue weighted by molar-refractivity contribution is 6.12. The van der Waals surface area contributed by atoms with Crippen LogP contribution >= 0.6 is 0 Å². The van der Waals surface area contributed by atoms with Crippen LogP contribution in [0.5, 0.6) is 0 Å². The number of aromatic nitrogens is 1. The first kappa shape index (κ1) is 20.8. The van der Waals surface area contributed by atoms with Crippen LogP contribution < -0.4 is 10.6 Å². The second-order valence-electron chi connectivity index (χ2n) is 8.35. The molecule has 7 nitrogen and oxygen atoms in total. The van der Waals surface area contributed by atoms with Gasteiger partial charge in [0, 0.05) is 34.0 Å². The number of carbonyl (C=O) groups excluding carboxylic acids is 3. The van der Waals surface area contributed by atoms with Crippen molar-refractivity contribution in [1.29, 1.82) is 0 Å². The molecule has 0 bridgehead atoms. The normalized spacial score (nSPS) is 18.2. The van der Waals surface area contributed by atoms with E-state index in [-0.39, 0.29) is 6.54 Å². The average molecular weight is 441 g/mol. The Hall–Kier alpha value is -4.13. The number of hydrogen-bond acceptors (Lipinski definition) is 3. The fourth-order valence-corrected chi connectivity index (χ4v) is 4.62. The standard InChI is InChI=1S/C26H24N4O3/c1-3-29-21-12-8-7-11-19(21)20-15-18(13-14-22(20)29)27-23(31)16-30-24(32)26(2,28-25(30)33)17-9-5-4-6-10-17/h4-15H,3,16H2,1-2H3,(H,27,31)(H,28,33). The summed E-state index contributed by atoms with van der Waals surface area (Å²) >= 11 is 0. The van der Waals surface area contributed by atoms with E-state index in [0.717, 1.165) is 33.3 Å². The topological polar surface area (TPSA) is 83.4 Å². The van der Waals surface area contributed by atoms with Gasteiger partial charge in [-0.3, -0.25) is 14.5 Å². The highest BCUT2D eigenvalue weighted by Gasteiger charge is 2.49. The van der Waals surface area contributed by atoms with Crippen LogP contribution in [-0.4, -0.2) is 33.9 Å². The molecule has 1 unspecified atom stereocenters. The molecule has 0 aliphatic carbocycles. The number of imide groups is 1. The van der Waals surface area contributed by atoms with Gasteiger partial charge in [-0.05, 0) is 43.7 Å². The molecule has 1 aliphatic heterocycles. The van der Waals surface area contributed by atoms with Gasteiger partial charge in [-0.1, -0.05) is 48.5 Å². The van der Waals surface area contributed by atoms with Crippen molar-refractivity contribution in [1.82, 2.24) is 14.8 Å². The number of nitrogens with zero attached hydrogens (tertiary/aromatic N) is 2. The van der Waals surface area contributed by atoms with Crippen molar-refractivity contribution in [3.8, 4) is 0 Å². The van der Waals surface area contributed by atoms with Gasteiger partial charge in [0.25, 0.3) is 5.91 Å². The molecule has 0 saturated carbocycles. The predicted molar refractivity (Wildman–Crippen MR) is 128 cm³/mol. The van der Waals surface area contributed by atoms with E-state index in [0.29, 0.717) is 11.3 Å². The summed E-state index contributed by atoms with van der Waals surface area (Å²) in [4.78, 5) is 39.3. The Bertz CT molecular complexity index is 1410. The largest absolute Gasteiger partial charge is 0.341 e. The van der Waals surface area contributed by atoms with Crippen LogP contribution in [-0.2, 0) is 21.7 Å². The smallest absolute Gasteiger partial charge is 0.325 e. The lowest BCUT2D eigenvalue weighted by Gasteiger charge is -2.22.